The van der Waals surface area contributed by atoms with Gasteiger partial charge in [-0.25, -0.2) is 4.39 Å². The van der Waals surface area contributed by atoms with Crippen molar-refractivity contribution in [1.29, 1.82) is 0 Å². The van der Waals surface area contributed by atoms with E-state index >= 15 is 0 Å². The van der Waals surface area contributed by atoms with E-state index in [0.29, 0.717) is 17.0 Å². The van der Waals surface area contributed by atoms with Crippen LogP contribution in [0.3, 0.4) is 0 Å². The summed E-state index contributed by atoms with van der Waals surface area (Å²) in [6.45, 7) is 2.14. The van der Waals surface area contributed by atoms with Gasteiger partial charge in [-0.2, -0.15) is 0 Å². The first-order chi connectivity index (χ1) is 9.15. The minimum Gasteiger partial charge on any atom is -0.312 e. The van der Waals surface area contributed by atoms with Crippen LogP contribution in [-0.2, 0) is 12.8 Å². The van der Waals surface area contributed by atoms with E-state index in [-0.39, 0.29) is 11.9 Å². The highest BCUT2D eigenvalue weighted by molar-refractivity contribution is 7.10. The Kier molecular flexibility index (Phi) is 4.97. The number of nitrogens with one attached hydrogen (secondary N) is 1. The van der Waals surface area contributed by atoms with Gasteiger partial charge >= 0.3 is 0 Å². The molecule has 19 heavy (non-hydrogen) atoms. The molecule has 0 fully saturated rings. The Hall–Kier alpha value is -0.900. The molecule has 0 aliphatic rings. The maximum atomic E-state index is 13.9. The summed E-state index contributed by atoms with van der Waals surface area (Å²) in [5.41, 5.74) is 2.03. The molecule has 0 aliphatic heterocycles. The first-order valence-corrected chi connectivity index (χ1v) is 7.59. The third-order valence-corrected chi connectivity index (χ3v) is 4.57. The van der Waals surface area contributed by atoms with E-state index < -0.39 is 0 Å². The number of hydrogen-bond donors (Lipinski definition) is 1. The molecule has 1 N–H and O–H groups in total. The van der Waals surface area contributed by atoms with Crippen molar-refractivity contribution in [2.24, 2.45) is 0 Å². The second-order valence-electron chi connectivity index (χ2n) is 4.44. The van der Waals surface area contributed by atoms with Gasteiger partial charge in [-0.15, -0.1) is 11.3 Å². The summed E-state index contributed by atoms with van der Waals surface area (Å²) in [6.07, 6.45) is 1.63. The summed E-state index contributed by atoms with van der Waals surface area (Å²) in [6, 6.07) is 7.16. The Morgan fingerprint density at radius 3 is 2.74 bits per heavy atom. The average molecular weight is 298 g/mol. The lowest BCUT2D eigenvalue weighted by molar-refractivity contribution is 0.557. The van der Waals surface area contributed by atoms with Gasteiger partial charge in [0.1, 0.15) is 5.82 Å². The van der Waals surface area contributed by atoms with Crippen molar-refractivity contribution in [2.45, 2.75) is 25.8 Å². The van der Waals surface area contributed by atoms with E-state index in [0.717, 1.165) is 6.42 Å². The summed E-state index contributed by atoms with van der Waals surface area (Å²) < 4.78 is 13.9. The van der Waals surface area contributed by atoms with Gasteiger partial charge in [0.05, 0.1) is 0 Å². The van der Waals surface area contributed by atoms with E-state index in [1.807, 2.05) is 7.05 Å². The van der Waals surface area contributed by atoms with Crippen molar-refractivity contribution in [1.82, 2.24) is 5.32 Å². The molecule has 4 heteroatoms. The average Bonchev–Trinajstić information content (AvgIpc) is 2.86. The van der Waals surface area contributed by atoms with Crippen molar-refractivity contribution in [3.05, 3.63) is 56.5 Å². The Bertz CT molecular complexity index is 553. The molecule has 0 saturated carbocycles. The third kappa shape index (κ3) is 3.35. The largest absolute Gasteiger partial charge is 0.312 e. The molecular weight excluding hydrogens is 281 g/mol. The molecule has 1 aromatic heterocycles. The fourth-order valence-corrected chi connectivity index (χ4v) is 3.45. The van der Waals surface area contributed by atoms with Gasteiger partial charge in [0.15, 0.2) is 0 Å². The summed E-state index contributed by atoms with van der Waals surface area (Å²) in [4.78, 5) is 1.29. The molecule has 102 valence electrons. The number of benzene rings is 1. The Morgan fingerprint density at radius 2 is 2.11 bits per heavy atom. The van der Waals surface area contributed by atoms with Gasteiger partial charge in [0.2, 0.25) is 0 Å². The van der Waals surface area contributed by atoms with Gasteiger partial charge in [-0.05, 0) is 54.6 Å². The van der Waals surface area contributed by atoms with Gasteiger partial charge < -0.3 is 5.32 Å². The topological polar surface area (TPSA) is 12.0 Å². The zero-order valence-electron chi connectivity index (χ0n) is 11.0. The van der Waals surface area contributed by atoms with Crippen molar-refractivity contribution in [2.75, 3.05) is 7.05 Å². The number of aryl methyl sites for hydroxylation is 1. The standard InChI is InChI=1S/C15H17ClFNS/c1-3-10-6-7-19-15(10)14(18-2)8-11-4-5-12(16)9-13(11)17/h4-7,9,14,18H,3,8H2,1-2H3. The van der Waals surface area contributed by atoms with Crippen molar-refractivity contribution < 1.29 is 4.39 Å². The van der Waals surface area contributed by atoms with E-state index in [2.05, 4.69) is 23.7 Å². The summed E-state index contributed by atoms with van der Waals surface area (Å²) in [5, 5.41) is 5.81. The molecule has 0 aliphatic carbocycles. The van der Waals surface area contributed by atoms with Crippen molar-refractivity contribution >= 4 is 22.9 Å². The van der Waals surface area contributed by atoms with Crippen molar-refractivity contribution in [3.63, 3.8) is 0 Å². The maximum Gasteiger partial charge on any atom is 0.127 e. The first kappa shape index (κ1) is 14.5. The lowest BCUT2D eigenvalue weighted by atomic mass is 10.0. The van der Waals surface area contributed by atoms with Crippen LogP contribution in [0.4, 0.5) is 4.39 Å². The number of thiophene rings is 1. The fraction of sp³-hybridized carbons (Fsp3) is 0.333. The Balaban J connectivity index is 2.24. The normalized spacial score (nSPS) is 12.6. The minimum absolute atomic E-state index is 0.144. The predicted octanol–water partition coefficient (Wildman–Crippen LogP) is 4.61. The third-order valence-electron chi connectivity index (χ3n) is 3.27. The molecule has 1 heterocycles. The van der Waals surface area contributed by atoms with Crippen molar-refractivity contribution in [3.8, 4) is 0 Å². The summed E-state index contributed by atoms with van der Waals surface area (Å²) in [5.74, 6) is -0.234. The predicted molar refractivity (Wildman–Crippen MR) is 80.6 cm³/mol. The number of likely N-dealkylation sites (N-methyl/N-ethyl adjacent to an activating group) is 1. The van der Waals surface area contributed by atoms with Crippen LogP contribution in [0.1, 0.15) is 29.0 Å². The van der Waals surface area contributed by atoms with Gasteiger partial charge in [0.25, 0.3) is 0 Å². The van der Waals surface area contributed by atoms with Crippen LogP contribution in [0, 0.1) is 5.82 Å². The molecule has 1 nitrogen and oxygen atoms in total. The smallest absolute Gasteiger partial charge is 0.127 e. The molecule has 0 saturated heterocycles. The Labute approximate surface area is 122 Å². The molecule has 0 bridgehead atoms. The SMILES string of the molecule is CCc1ccsc1C(Cc1ccc(Cl)cc1F)NC. The molecule has 0 amide bonds. The van der Waals surface area contributed by atoms with Crippen LogP contribution >= 0.6 is 22.9 Å². The quantitative estimate of drug-likeness (QED) is 0.850. The highest BCUT2D eigenvalue weighted by atomic mass is 35.5. The molecule has 1 atom stereocenters. The molecule has 2 aromatic rings. The number of rotatable bonds is 5. The van der Waals surface area contributed by atoms with E-state index in [9.17, 15) is 4.39 Å². The summed E-state index contributed by atoms with van der Waals surface area (Å²) in [7, 11) is 1.91. The second-order valence-corrected chi connectivity index (χ2v) is 5.83. The van der Waals surface area contributed by atoms with Crippen LogP contribution < -0.4 is 5.32 Å². The Morgan fingerprint density at radius 1 is 1.32 bits per heavy atom. The van der Waals surface area contributed by atoms with Crippen LogP contribution in [0.25, 0.3) is 0 Å². The van der Waals surface area contributed by atoms with Gasteiger partial charge in [-0.1, -0.05) is 24.6 Å². The van der Waals surface area contributed by atoms with Gasteiger partial charge in [0, 0.05) is 15.9 Å². The van der Waals surface area contributed by atoms with Gasteiger partial charge in [-0.3, -0.25) is 0 Å². The van der Waals surface area contributed by atoms with Crippen LogP contribution in [0.15, 0.2) is 29.6 Å². The highest BCUT2D eigenvalue weighted by Crippen LogP contribution is 2.28. The van der Waals surface area contributed by atoms with E-state index in [1.165, 1.54) is 16.5 Å². The molecule has 0 spiro atoms. The van der Waals surface area contributed by atoms with Crippen LogP contribution in [0.5, 0.6) is 0 Å². The molecule has 0 radical (unpaired) electrons. The minimum atomic E-state index is -0.234. The zero-order valence-corrected chi connectivity index (χ0v) is 12.6. The molecular formula is C15H17ClFNS. The molecule has 1 aromatic carbocycles. The first-order valence-electron chi connectivity index (χ1n) is 6.33. The number of halogens is 2. The van der Waals surface area contributed by atoms with E-state index in [4.69, 9.17) is 11.6 Å². The lowest BCUT2D eigenvalue weighted by Crippen LogP contribution is -2.19. The van der Waals surface area contributed by atoms with Crippen LogP contribution in [0.2, 0.25) is 5.02 Å². The molecule has 2 rings (SSSR count). The lowest BCUT2D eigenvalue weighted by Gasteiger charge is -2.17. The van der Waals surface area contributed by atoms with Crippen LogP contribution in [-0.4, -0.2) is 7.05 Å². The highest BCUT2D eigenvalue weighted by Gasteiger charge is 2.16. The second kappa shape index (κ2) is 6.51. The number of hydrogen-bond acceptors (Lipinski definition) is 2. The molecule has 1 unspecified atom stereocenters. The van der Waals surface area contributed by atoms with E-state index in [1.54, 1.807) is 23.5 Å². The fourth-order valence-electron chi connectivity index (χ4n) is 2.18. The monoisotopic (exact) mass is 297 g/mol. The summed E-state index contributed by atoms with van der Waals surface area (Å²) >= 11 is 7.51. The maximum absolute atomic E-state index is 13.9. The zero-order chi connectivity index (χ0) is 13.8.